The van der Waals surface area contributed by atoms with Crippen LogP contribution in [0.3, 0.4) is 0 Å². The molecule has 3 nitrogen and oxygen atoms in total. The third-order valence-electron chi connectivity index (χ3n) is 4.14. The molecule has 3 atom stereocenters. The predicted octanol–water partition coefficient (Wildman–Crippen LogP) is 2.66. The van der Waals surface area contributed by atoms with E-state index in [1.54, 1.807) is 6.07 Å². The van der Waals surface area contributed by atoms with E-state index in [-0.39, 0.29) is 29.7 Å². The van der Waals surface area contributed by atoms with Gasteiger partial charge >= 0.3 is 0 Å². The number of amides is 1. The highest BCUT2D eigenvalue weighted by Gasteiger charge is 2.27. The molecule has 110 valence electrons. The Morgan fingerprint density at radius 1 is 1.55 bits per heavy atom. The van der Waals surface area contributed by atoms with E-state index >= 15 is 0 Å². The van der Waals surface area contributed by atoms with Crippen molar-refractivity contribution in [3.8, 4) is 0 Å². The number of hydrogen-bond donors (Lipinski definition) is 1. The first-order valence-electron chi connectivity index (χ1n) is 7.28. The van der Waals surface area contributed by atoms with E-state index in [4.69, 9.17) is 5.73 Å². The molecular weight excluding hydrogens is 255 g/mol. The summed E-state index contributed by atoms with van der Waals surface area (Å²) in [4.78, 5) is 14.3. The van der Waals surface area contributed by atoms with Crippen LogP contribution < -0.4 is 5.73 Å². The fraction of sp³-hybridized carbons (Fsp3) is 0.562. The molecule has 0 aromatic heterocycles. The molecule has 0 saturated carbocycles. The molecule has 20 heavy (non-hydrogen) atoms. The molecule has 0 aliphatic carbocycles. The Bertz CT molecular complexity index is 477. The molecule has 0 radical (unpaired) electrons. The van der Waals surface area contributed by atoms with Crippen molar-refractivity contribution in [2.45, 2.75) is 51.1 Å². The van der Waals surface area contributed by atoms with Crippen LogP contribution in [0.2, 0.25) is 0 Å². The maximum atomic E-state index is 13.2. The fourth-order valence-corrected chi connectivity index (χ4v) is 2.89. The molecule has 1 amide bonds. The summed E-state index contributed by atoms with van der Waals surface area (Å²) in [5.74, 6) is -0.0822. The summed E-state index contributed by atoms with van der Waals surface area (Å²) in [7, 11) is 0. The minimum absolute atomic E-state index is 0.0287. The highest BCUT2D eigenvalue weighted by Crippen LogP contribution is 2.23. The maximum Gasteiger partial charge on any atom is 0.223 e. The average molecular weight is 278 g/mol. The molecule has 1 aliphatic heterocycles. The Balaban J connectivity index is 1.97. The topological polar surface area (TPSA) is 46.3 Å². The van der Waals surface area contributed by atoms with E-state index in [0.29, 0.717) is 6.42 Å². The molecule has 1 aromatic carbocycles. The summed E-state index contributed by atoms with van der Waals surface area (Å²) in [6.07, 6.45) is 2.15. The van der Waals surface area contributed by atoms with Crippen molar-refractivity contribution in [3.63, 3.8) is 0 Å². The van der Waals surface area contributed by atoms with E-state index in [1.807, 2.05) is 24.8 Å². The second-order valence-corrected chi connectivity index (χ2v) is 5.88. The lowest BCUT2D eigenvalue weighted by Gasteiger charge is -2.37. The molecule has 1 fully saturated rings. The van der Waals surface area contributed by atoms with Gasteiger partial charge in [-0.25, -0.2) is 4.39 Å². The summed E-state index contributed by atoms with van der Waals surface area (Å²) in [5.41, 5.74) is 6.79. The van der Waals surface area contributed by atoms with E-state index in [1.165, 1.54) is 12.1 Å². The van der Waals surface area contributed by atoms with Crippen molar-refractivity contribution in [3.05, 3.63) is 35.6 Å². The quantitative estimate of drug-likeness (QED) is 0.924. The van der Waals surface area contributed by atoms with E-state index in [0.717, 1.165) is 24.9 Å². The number of carbonyl (C=O) groups excluding carboxylic acids is 1. The zero-order valence-corrected chi connectivity index (χ0v) is 12.2. The molecule has 0 spiro atoms. The third kappa shape index (κ3) is 3.57. The summed E-state index contributed by atoms with van der Waals surface area (Å²) in [6, 6.07) is 6.89. The van der Waals surface area contributed by atoms with Crippen molar-refractivity contribution in [2.24, 2.45) is 5.73 Å². The minimum atomic E-state index is -0.251. The van der Waals surface area contributed by atoms with Crippen LogP contribution in [0.1, 0.15) is 44.6 Å². The first kappa shape index (κ1) is 15.0. The van der Waals surface area contributed by atoms with Gasteiger partial charge in [-0.2, -0.15) is 0 Å². The van der Waals surface area contributed by atoms with Crippen LogP contribution in [-0.2, 0) is 4.79 Å². The predicted molar refractivity (Wildman–Crippen MR) is 77.8 cm³/mol. The molecule has 4 heteroatoms. The lowest BCUT2D eigenvalue weighted by atomic mass is 9.94. The Labute approximate surface area is 120 Å². The number of benzene rings is 1. The van der Waals surface area contributed by atoms with Gasteiger partial charge in [-0.1, -0.05) is 19.1 Å². The van der Waals surface area contributed by atoms with Crippen molar-refractivity contribution in [1.82, 2.24) is 4.90 Å². The van der Waals surface area contributed by atoms with Gasteiger partial charge in [0, 0.05) is 25.0 Å². The minimum Gasteiger partial charge on any atom is -0.340 e. The van der Waals surface area contributed by atoms with Gasteiger partial charge < -0.3 is 10.6 Å². The summed E-state index contributed by atoms with van der Waals surface area (Å²) < 4.78 is 13.2. The van der Waals surface area contributed by atoms with Gasteiger partial charge in [0.1, 0.15) is 5.82 Å². The lowest BCUT2D eigenvalue weighted by Crippen LogP contribution is -2.48. The van der Waals surface area contributed by atoms with Gasteiger partial charge in [-0.05, 0) is 43.4 Å². The van der Waals surface area contributed by atoms with Gasteiger partial charge in [0.05, 0.1) is 0 Å². The summed E-state index contributed by atoms with van der Waals surface area (Å²) >= 11 is 0. The van der Waals surface area contributed by atoms with Crippen LogP contribution in [-0.4, -0.2) is 29.4 Å². The van der Waals surface area contributed by atoms with Gasteiger partial charge in [-0.15, -0.1) is 0 Å². The molecule has 2 rings (SSSR count). The highest BCUT2D eigenvalue weighted by molar-refractivity contribution is 5.77. The Morgan fingerprint density at radius 2 is 2.30 bits per heavy atom. The normalized spacial score (nSPS) is 24.5. The van der Waals surface area contributed by atoms with Crippen molar-refractivity contribution < 1.29 is 9.18 Å². The summed E-state index contributed by atoms with van der Waals surface area (Å²) in [6.45, 7) is 4.74. The molecule has 0 bridgehead atoms. The van der Waals surface area contributed by atoms with E-state index in [2.05, 4.69) is 0 Å². The fourth-order valence-electron chi connectivity index (χ4n) is 2.89. The zero-order chi connectivity index (χ0) is 14.7. The van der Waals surface area contributed by atoms with Crippen molar-refractivity contribution in [1.29, 1.82) is 0 Å². The number of hydrogen-bond acceptors (Lipinski definition) is 2. The Hall–Kier alpha value is -1.42. The van der Waals surface area contributed by atoms with Gasteiger partial charge in [0.15, 0.2) is 0 Å². The third-order valence-corrected chi connectivity index (χ3v) is 4.14. The molecule has 2 N–H and O–H groups in total. The smallest absolute Gasteiger partial charge is 0.223 e. The second-order valence-electron chi connectivity index (χ2n) is 5.88. The number of halogens is 1. The Morgan fingerprint density at radius 3 is 2.95 bits per heavy atom. The van der Waals surface area contributed by atoms with Gasteiger partial charge in [-0.3, -0.25) is 4.79 Å². The number of nitrogens with zero attached hydrogens (tertiary/aromatic N) is 1. The summed E-state index contributed by atoms with van der Waals surface area (Å²) in [5, 5.41) is 0. The zero-order valence-electron chi connectivity index (χ0n) is 12.2. The van der Waals surface area contributed by atoms with Crippen LogP contribution in [0.5, 0.6) is 0 Å². The molecule has 0 unspecified atom stereocenters. The standard InChI is InChI=1S/C16H23FN2O/c1-11(13-4-3-5-14(17)10-13)8-16(20)19-7-6-15(18)9-12(19)2/h3-5,10-12,15H,6-9,18H2,1-2H3/t11-,12+,15+/m1/s1. The molecule has 1 aromatic rings. The largest absolute Gasteiger partial charge is 0.340 e. The monoisotopic (exact) mass is 278 g/mol. The number of rotatable bonds is 3. The van der Waals surface area contributed by atoms with Crippen LogP contribution >= 0.6 is 0 Å². The van der Waals surface area contributed by atoms with E-state index < -0.39 is 0 Å². The van der Waals surface area contributed by atoms with Gasteiger partial charge in [0.2, 0.25) is 5.91 Å². The van der Waals surface area contributed by atoms with Crippen molar-refractivity contribution in [2.75, 3.05) is 6.54 Å². The number of nitrogens with two attached hydrogens (primary N) is 1. The number of carbonyl (C=O) groups is 1. The van der Waals surface area contributed by atoms with Crippen LogP contribution in [0.15, 0.2) is 24.3 Å². The molecule has 1 aliphatic rings. The van der Waals surface area contributed by atoms with Crippen LogP contribution in [0.4, 0.5) is 4.39 Å². The van der Waals surface area contributed by atoms with Gasteiger partial charge in [0.25, 0.3) is 0 Å². The first-order valence-corrected chi connectivity index (χ1v) is 7.28. The Kier molecular flexibility index (Phi) is 4.76. The molecule has 1 heterocycles. The van der Waals surface area contributed by atoms with Crippen LogP contribution in [0.25, 0.3) is 0 Å². The molecule has 1 saturated heterocycles. The average Bonchev–Trinajstić information content (AvgIpc) is 2.38. The second kappa shape index (κ2) is 6.35. The van der Waals surface area contributed by atoms with E-state index in [9.17, 15) is 9.18 Å². The number of piperidine rings is 1. The number of likely N-dealkylation sites (tertiary alicyclic amines) is 1. The van der Waals surface area contributed by atoms with Crippen molar-refractivity contribution >= 4 is 5.91 Å². The van der Waals surface area contributed by atoms with Crippen LogP contribution in [0, 0.1) is 5.82 Å². The SMILES string of the molecule is C[C@H](CC(=O)N1CC[C@H](N)C[C@@H]1C)c1cccc(F)c1. The highest BCUT2D eigenvalue weighted by atomic mass is 19.1. The molecular formula is C16H23FN2O. The first-order chi connectivity index (χ1) is 9.47. The maximum absolute atomic E-state index is 13.2. The lowest BCUT2D eigenvalue weighted by molar-refractivity contribution is -0.134.